The molecular formula is C8H15NO4S. The van der Waals surface area contributed by atoms with E-state index in [1.54, 1.807) is 6.92 Å². The largest absolute Gasteiger partial charge is 0.480 e. The maximum atomic E-state index is 11.5. The van der Waals surface area contributed by atoms with Crippen LogP contribution in [0.3, 0.4) is 0 Å². The fraction of sp³-hybridized carbons (Fsp3) is 0.625. The van der Waals surface area contributed by atoms with Crippen LogP contribution in [0.1, 0.15) is 13.8 Å². The average Bonchev–Trinajstić information content (AvgIpc) is 2.01. The second kappa shape index (κ2) is 4.56. The van der Waals surface area contributed by atoms with Crippen LogP contribution in [-0.4, -0.2) is 42.6 Å². The van der Waals surface area contributed by atoms with Crippen LogP contribution in [0.2, 0.25) is 0 Å². The Morgan fingerprint density at radius 1 is 1.57 bits per heavy atom. The highest BCUT2D eigenvalue weighted by Gasteiger charge is 2.31. The van der Waals surface area contributed by atoms with Gasteiger partial charge in [-0.15, -0.1) is 0 Å². The number of carbonyl (C=O) groups is 1. The van der Waals surface area contributed by atoms with Crippen LogP contribution in [0.4, 0.5) is 0 Å². The molecule has 0 aromatic heterocycles. The second-order valence-corrected chi connectivity index (χ2v) is 5.60. The van der Waals surface area contributed by atoms with Crippen molar-refractivity contribution in [2.24, 2.45) is 0 Å². The SMILES string of the molecule is C=C(C)CN(C)S(=O)(=O)C(C)C(=O)O. The van der Waals surface area contributed by atoms with Gasteiger partial charge in [0.05, 0.1) is 0 Å². The number of nitrogens with zero attached hydrogens (tertiary/aromatic N) is 1. The third-order valence-corrected chi connectivity index (χ3v) is 3.81. The molecule has 0 amide bonds. The van der Waals surface area contributed by atoms with E-state index < -0.39 is 21.2 Å². The average molecular weight is 221 g/mol. The molecule has 0 bridgehead atoms. The number of carboxylic acids is 1. The van der Waals surface area contributed by atoms with Gasteiger partial charge in [-0.3, -0.25) is 4.79 Å². The van der Waals surface area contributed by atoms with Crippen LogP contribution in [0.15, 0.2) is 12.2 Å². The number of hydrogen-bond donors (Lipinski definition) is 1. The van der Waals surface area contributed by atoms with E-state index in [0.717, 1.165) is 11.2 Å². The van der Waals surface area contributed by atoms with Crippen molar-refractivity contribution in [2.75, 3.05) is 13.6 Å². The fourth-order valence-electron chi connectivity index (χ4n) is 0.867. The Balaban J connectivity index is 4.79. The normalized spacial score (nSPS) is 14.0. The third kappa shape index (κ3) is 3.12. The summed E-state index contributed by atoms with van der Waals surface area (Å²) in [5.41, 5.74) is 0.661. The van der Waals surface area contributed by atoms with E-state index in [4.69, 9.17) is 5.11 Å². The smallest absolute Gasteiger partial charge is 0.323 e. The van der Waals surface area contributed by atoms with E-state index >= 15 is 0 Å². The second-order valence-electron chi connectivity index (χ2n) is 3.24. The molecule has 0 rings (SSSR count). The molecule has 1 atom stereocenters. The van der Waals surface area contributed by atoms with Gasteiger partial charge in [0.1, 0.15) is 0 Å². The Morgan fingerprint density at radius 3 is 2.29 bits per heavy atom. The number of rotatable bonds is 5. The van der Waals surface area contributed by atoms with Gasteiger partial charge in [0.25, 0.3) is 0 Å². The first kappa shape index (κ1) is 13.1. The first-order chi connectivity index (χ1) is 6.19. The zero-order valence-electron chi connectivity index (χ0n) is 8.52. The molecule has 82 valence electrons. The van der Waals surface area contributed by atoms with E-state index in [9.17, 15) is 13.2 Å². The molecule has 0 aliphatic rings. The highest BCUT2D eigenvalue weighted by atomic mass is 32.2. The molecule has 1 unspecified atom stereocenters. The van der Waals surface area contributed by atoms with E-state index in [0.29, 0.717) is 5.57 Å². The lowest BCUT2D eigenvalue weighted by Crippen LogP contribution is -2.39. The molecule has 0 aromatic carbocycles. The van der Waals surface area contributed by atoms with Crippen molar-refractivity contribution in [1.82, 2.24) is 4.31 Å². The van der Waals surface area contributed by atoms with Crippen LogP contribution in [0, 0.1) is 0 Å². The van der Waals surface area contributed by atoms with Crippen LogP contribution in [0.5, 0.6) is 0 Å². The first-order valence-electron chi connectivity index (χ1n) is 4.02. The summed E-state index contributed by atoms with van der Waals surface area (Å²) >= 11 is 0. The van der Waals surface area contributed by atoms with Gasteiger partial charge < -0.3 is 5.11 Å². The molecule has 0 aliphatic heterocycles. The minimum atomic E-state index is -3.76. The van der Waals surface area contributed by atoms with Gasteiger partial charge >= 0.3 is 5.97 Å². The minimum Gasteiger partial charge on any atom is -0.480 e. The zero-order chi connectivity index (χ0) is 11.5. The number of hydrogen-bond acceptors (Lipinski definition) is 3. The molecule has 0 aromatic rings. The van der Waals surface area contributed by atoms with Gasteiger partial charge in [-0.25, -0.2) is 12.7 Å². The first-order valence-corrected chi connectivity index (χ1v) is 5.52. The molecule has 0 fully saturated rings. The lowest BCUT2D eigenvalue weighted by Gasteiger charge is -2.19. The number of carboxylic acid groups (broad SMARTS) is 1. The molecular weight excluding hydrogens is 206 g/mol. The molecule has 14 heavy (non-hydrogen) atoms. The van der Waals surface area contributed by atoms with Crippen LogP contribution in [0.25, 0.3) is 0 Å². The van der Waals surface area contributed by atoms with Crippen molar-refractivity contribution < 1.29 is 18.3 Å². The molecule has 0 aliphatic carbocycles. The van der Waals surface area contributed by atoms with Crippen LogP contribution in [-0.2, 0) is 14.8 Å². The maximum absolute atomic E-state index is 11.5. The highest BCUT2D eigenvalue weighted by molar-refractivity contribution is 7.90. The molecule has 1 N–H and O–H groups in total. The van der Waals surface area contributed by atoms with Gasteiger partial charge in [0.15, 0.2) is 5.25 Å². The fourth-order valence-corrected chi connectivity index (χ4v) is 2.06. The van der Waals surface area contributed by atoms with Crippen molar-refractivity contribution in [2.45, 2.75) is 19.1 Å². The molecule has 0 saturated carbocycles. The van der Waals surface area contributed by atoms with Gasteiger partial charge in [-0.05, 0) is 13.8 Å². The highest BCUT2D eigenvalue weighted by Crippen LogP contribution is 2.08. The lowest BCUT2D eigenvalue weighted by molar-refractivity contribution is -0.136. The summed E-state index contributed by atoms with van der Waals surface area (Å²) < 4.78 is 24.0. The van der Waals surface area contributed by atoms with Crippen molar-refractivity contribution in [1.29, 1.82) is 0 Å². The van der Waals surface area contributed by atoms with Gasteiger partial charge in [0, 0.05) is 13.6 Å². The summed E-state index contributed by atoms with van der Waals surface area (Å²) in [6, 6.07) is 0. The maximum Gasteiger partial charge on any atom is 0.323 e. The van der Waals surface area contributed by atoms with E-state index in [-0.39, 0.29) is 6.54 Å². The van der Waals surface area contributed by atoms with Crippen LogP contribution >= 0.6 is 0 Å². The van der Waals surface area contributed by atoms with E-state index in [1.165, 1.54) is 7.05 Å². The number of sulfonamides is 1. The van der Waals surface area contributed by atoms with Crippen LogP contribution < -0.4 is 0 Å². The van der Waals surface area contributed by atoms with Gasteiger partial charge in [0.2, 0.25) is 10.0 Å². The summed E-state index contributed by atoms with van der Waals surface area (Å²) in [5, 5.41) is 7.15. The van der Waals surface area contributed by atoms with E-state index in [2.05, 4.69) is 6.58 Å². The Bertz CT molecular complexity index is 333. The summed E-state index contributed by atoms with van der Waals surface area (Å²) in [7, 11) is -2.42. The molecule has 5 nitrogen and oxygen atoms in total. The Labute approximate surface area is 84.1 Å². The van der Waals surface area contributed by atoms with Crippen molar-refractivity contribution >= 4 is 16.0 Å². The Kier molecular flexibility index (Phi) is 4.28. The summed E-state index contributed by atoms with van der Waals surface area (Å²) in [6.45, 7) is 6.52. The number of aliphatic carboxylic acids is 1. The minimum absolute atomic E-state index is 0.139. The monoisotopic (exact) mass is 221 g/mol. The van der Waals surface area contributed by atoms with Crippen molar-refractivity contribution in [3.8, 4) is 0 Å². The lowest BCUT2D eigenvalue weighted by atomic mass is 10.4. The number of likely N-dealkylation sites (N-methyl/N-ethyl adjacent to an activating group) is 1. The molecule has 0 radical (unpaired) electrons. The molecule has 6 heteroatoms. The third-order valence-electron chi connectivity index (χ3n) is 1.72. The topological polar surface area (TPSA) is 74.7 Å². The Morgan fingerprint density at radius 2 is 2.00 bits per heavy atom. The summed E-state index contributed by atoms with van der Waals surface area (Å²) in [5.74, 6) is -1.35. The zero-order valence-corrected chi connectivity index (χ0v) is 9.34. The van der Waals surface area contributed by atoms with Crippen molar-refractivity contribution in [3.05, 3.63) is 12.2 Å². The van der Waals surface area contributed by atoms with Crippen molar-refractivity contribution in [3.63, 3.8) is 0 Å². The summed E-state index contributed by atoms with van der Waals surface area (Å²) in [4.78, 5) is 10.5. The van der Waals surface area contributed by atoms with Gasteiger partial charge in [-0.2, -0.15) is 0 Å². The quantitative estimate of drug-likeness (QED) is 0.677. The molecule has 0 heterocycles. The van der Waals surface area contributed by atoms with Gasteiger partial charge in [-0.1, -0.05) is 12.2 Å². The predicted octanol–water partition coefficient (Wildman–Crippen LogP) is 0.297. The molecule has 0 saturated heterocycles. The standard InChI is InChI=1S/C8H15NO4S/c1-6(2)5-9(4)14(12,13)7(3)8(10)11/h7H,1,5H2,2-4H3,(H,10,11). The van der Waals surface area contributed by atoms with E-state index in [1.807, 2.05) is 0 Å². The predicted molar refractivity (Wildman–Crippen MR) is 53.5 cm³/mol. The Hall–Kier alpha value is -0.880. The summed E-state index contributed by atoms with van der Waals surface area (Å²) in [6.07, 6.45) is 0. The molecule has 0 spiro atoms.